The van der Waals surface area contributed by atoms with Gasteiger partial charge in [0.25, 0.3) is 5.91 Å². The molecule has 2 N–H and O–H groups in total. The number of imide groups is 1. The zero-order valence-corrected chi connectivity index (χ0v) is 23.7. The lowest BCUT2D eigenvalue weighted by atomic mass is 9.91. The molecule has 1 heterocycles. The highest BCUT2D eigenvalue weighted by atomic mass is 127. The molecule has 38 heavy (non-hydrogen) atoms. The van der Waals surface area contributed by atoms with E-state index in [1.54, 1.807) is 43.5 Å². The number of amides is 4. The van der Waals surface area contributed by atoms with Crippen LogP contribution in [0.5, 0.6) is 5.75 Å². The van der Waals surface area contributed by atoms with Crippen molar-refractivity contribution in [2.45, 2.75) is 24.9 Å². The van der Waals surface area contributed by atoms with Gasteiger partial charge in [-0.25, -0.2) is 9.69 Å². The third-order valence-electron chi connectivity index (χ3n) is 6.28. The van der Waals surface area contributed by atoms with E-state index < -0.39 is 35.8 Å². The molecular weight excluding hydrogens is 621 g/mol. The summed E-state index contributed by atoms with van der Waals surface area (Å²) in [6, 6.07) is 18.7. The van der Waals surface area contributed by atoms with E-state index in [9.17, 15) is 14.4 Å². The lowest BCUT2D eigenvalue weighted by Crippen LogP contribution is -2.50. The molecule has 1 saturated heterocycles. The molecule has 4 rings (SSSR count). The number of carbonyl (C=O) groups is 3. The molecule has 0 saturated carbocycles. The largest absolute Gasteiger partial charge is 0.491 e. The maximum Gasteiger partial charge on any atom is 0.325 e. The molecule has 2 unspecified atom stereocenters. The van der Waals surface area contributed by atoms with Gasteiger partial charge in [0.1, 0.15) is 24.4 Å². The first-order valence-corrected chi connectivity index (χ1v) is 13.4. The third kappa shape index (κ3) is 6.28. The second-order valence-corrected chi connectivity index (χ2v) is 10.4. The van der Waals surface area contributed by atoms with Gasteiger partial charge in [-0.1, -0.05) is 61.0 Å². The Hall–Kier alpha value is -3.15. The van der Waals surface area contributed by atoms with Crippen LogP contribution in [0.15, 0.2) is 72.8 Å². The Bertz CT molecular complexity index is 1310. The Morgan fingerprint density at radius 3 is 2.45 bits per heavy atom. The van der Waals surface area contributed by atoms with Gasteiger partial charge in [0.05, 0.1) is 17.3 Å². The average Bonchev–Trinajstić information content (AvgIpc) is 3.20. The van der Waals surface area contributed by atoms with Gasteiger partial charge in [-0.15, -0.1) is 0 Å². The number of hydrogen-bond donors (Lipinski definition) is 2. The Balaban J connectivity index is 1.62. The van der Waals surface area contributed by atoms with Crippen LogP contribution < -0.4 is 15.4 Å². The molecule has 0 aliphatic carbocycles. The van der Waals surface area contributed by atoms with Gasteiger partial charge >= 0.3 is 6.03 Å². The van der Waals surface area contributed by atoms with Crippen LogP contribution in [-0.4, -0.2) is 49.1 Å². The quantitative estimate of drug-likeness (QED) is 0.175. The lowest BCUT2D eigenvalue weighted by Gasteiger charge is -2.30. The van der Waals surface area contributed by atoms with Crippen LogP contribution in [0.25, 0.3) is 0 Å². The topological polar surface area (TPSA) is 97.0 Å². The summed E-state index contributed by atoms with van der Waals surface area (Å²) in [5.74, 6) is -0.914. The minimum Gasteiger partial charge on any atom is -0.491 e. The average molecular weight is 648 g/mol. The number of methoxy groups -OCH3 is 1. The predicted octanol–water partition coefficient (Wildman–Crippen LogP) is 5.37. The van der Waals surface area contributed by atoms with Crippen molar-refractivity contribution in [2.24, 2.45) is 0 Å². The van der Waals surface area contributed by atoms with Gasteiger partial charge in [-0.2, -0.15) is 0 Å². The second kappa shape index (κ2) is 12.6. The summed E-state index contributed by atoms with van der Waals surface area (Å²) in [4.78, 5) is 41.5. The summed E-state index contributed by atoms with van der Waals surface area (Å²) in [6.07, 6.45) is 0. The summed E-state index contributed by atoms with van der Waals surface area (Å²) >= 11 is 8.48. The number of urea groups is 1. The number of rotatable bonds is 10. The fourth-order valence-electron chi connectivity index (χ4n) is 4.29. The van der Waals surface area contributed by atoms with Gasteiger partial charge in [0.2, 0.25) is 5.91 Å². The van der Waals surface area contributed by atoms with Crippen LogP contribution in [-0.2, 0) is 14.3 Å². The zero-order valence-electron chi connectivity index (χ0n) is 20.8. The molecule has 0 aromatic heterocycles. The first kappa shape index (κ1) is 27.9. The molecule has 0 bridgehead atoms. The van der Waals surface area contributed by atoms with Gasteiger partial charge in [0.15, 0.2) is 0 Å². The first-order chi connectivity index (χ1) is 18.3. The van der Waals surface area contributed by atoms with Crippen molar-refractivity contribution in [3.8, 4) is 5.75 Å². The molecule has 10 heteroatoms. The minimum absolute atomic E-state index is 0.360. The number of nitrogens with zero attached hydrogens (tertiary/aromatic N) is 1. The molecule has 198 valence electrons. The number of hydrogen-bond acceptors (Lipinski definition) is 5. The van der Waals surface area contributed by atoms with Crippen molar-refractivity contribution in [3.05, 3.63) is 92.5 Å². The summed E-state index contributed by atoms with van der Waals surface area (Å²) in [7, 11) is 1.59. The molecule has 0 spiro atoms. The van der Waals surface area contributed by atoms with Gasteiger partial charge in [-0.3, -0.25) is 9.59 Å². The van der Waals surface area contributed by atoms with E-state index in [0.29, 0.717) is 35.2 Å². The van der Waals surface area contributed by atoms with E-state index in [4.69, 9.17) is 21.1 Å². The van der Waals surface area contributed by atoms with Crippen LogP contribution in [0, 0.1) is 3.57 Å². The van der Waals surface area contributed by atoms with E-state index in [0.717, 1.165) is 14.0 Å². The smallest absolute Gasteiger partial charge is 0.325 e. The van der Waals surface area contributed by atoms with E-state index >= 15 is 0 Å². The molecule has 0 radical (unpaired) electrons. The molecule has 4 amide bonds. The van der Waals surface area contributed by atoms with Crippen LogP contribution >= 0.6 is 34.2 Å². The van der Waals surface area contributed by atoms with Gasteiger partial charge in [0, 0.05) is 16.6 Å². The SMILES string of the molecule is COCCOc1ccc([C@H]2NC(=O)N(C(C(=O)Nc3ccc(I)cc3Cl)C(C)c3ccccc3)C2=O)cc1. The van der Waals surface area contributed by atoms with Crippen molar-refractivity contribution in [1.82, 2.24) is 10.2 Å². The zero-order chi connectivity index (χ0) is 27.2. The molecule has 1 aliphatic rings. The minimum atomic E-state index is -1.12. The molecule has 8 nitrogen and oxygen atoms in total. The Morgan fingerprint density at radius 2 is 1.79 bits per heavy atom. The van der Waals surface area contributed by atoms with Gasteiger partial charge < -0.3 is 20.1 Å². The monoisotopic (exact) mass is 647 g/mol. The van der Waals surface area contributed by atoms with E-state index in [-0.39, 0.29) is 0 Å². The van der Waals surface area contributed by atoms with E-state index in [2.05, 4.69) is 33.2 Å². The van der Waals surface area contributed by atoms with Crippen molar-refractivity contribution < 1.29 is 23.9 Å². The molecule has 1 fully saturated rings. The standard InChI is InChI=1S/C28H27ClIN3O5/c1-17(18-6-4-3-5-7-18)25(26(34)31-23-13-10-20(30)16-22(23)29)33-27(35)24(32-28(33)36)19-8-11-21(12-9-19)38-15-14-37-2/h3-13,16-17,24-25H,14-15H2,1-2H3,(H,31,34)(H,32,36)/t17?,24-,25?/m1/s1. The van der Waals surface area contributed by atoms with Crippen molar-refractivity contribution >= 4 is 57.7 Å². The Labute approximate surface area is 239 Å². The Morgan fingerprint density at radius 1 is 1.08 bits per heavy atom. The van der Waals surface area contributed by atoms with Crippen LogP contribution in [0.1, 0.15) is 30.0 Å². The van der Waals surface area contributed by atoms with Crippen molar-refractivity contribution in [2.75, 3.05) is 25.6 Å². The fourth-order valence-corrected chi connectivity index (χ4v) is 5.19. The van der Waals surface area contributed by atoms with Crippen molar-refractivity contribution in [1.29, 1.82) is 0 Å². The molecule has 3 aromatic carbocycles. The van der Waals surface area contributed by atoms with Gasteiger partial charge in [-0.05, 0) is 64.0 Å². The van der Waals surface area contributed by atoms with Crippen LogP contribution in [0.3, 0.4) is 0 Å². The molecular formula is C28H27ClIN3O5. The highest BCUT2D eigenvalue weighted by Gasteiger charge is 2.47. The predicted molar refractivity (Wildman–Crippen MR) is 153 cm³/mol. The summed E-state index contributed by atoms with van der Waals surface area (Å²) in [5, 5.41) is 5.91. The maximum absolute atomic E-state index is 13.7. The number of halogens is 2. The number of nitrogens with one attached hydrogen (secondary N) is 2. The number of carbonyl (C=O) groups excluding carboxylic acids is 3. The first-order valence-electron chi connectivity index (χ1n) is 12.0. The number of benzene rings is 3. The number of ether oxygens (including phenoxy) is 2. The molecule has 3 atom stereocenters. The Kier molecular flexibility index (Phi) is 9.24. The maximum atomic E-state index is 13.7. The fraction of sp³-hybridized carbons (Fsp3) is 0.250. The van der Waals surface area contributed by atoms with Crippen LogP contribution in [0.4, 0.5) is 10.5 Å². The normalized spacial score (nSPS) is 16.6. The van der Waals surface area contributed by atoms with Crippen molar-refractivity contribution in [3.63, 3.8) is 0 Å². The molecule has 3 aromatic rings. The summed E-state index contributed by atoms with van der Waals surface area (Å²) < 4.78 is 11.5. The molecule has 1 aliphatic heterocycles. The lowest BCUT2D eigenvalue weighted by molar-refractivity contribution is -0.134. The summed E-state index contributed by atoms with van der Waals surface area (Å²) in [6.45, 7) is 2.65. The summed E-state index contributed by atoms with van der Waals surface area (Å²) in [5.41, 5.74) is 1.79. The second-order valence-electron chi connectivity index (χ2n) is 8.76. The van der Waals surface area contributed by atoms with Crippen LogP contribution in [0.2, 0.25) is 5.02 Å². The number of anilines is 1. The van der Waals surface area contributed by atoms with E-state index in [1.165, 1.54) is 0 Å². The van der Waals surface area contributed by atoms with E-state index in [1.807, 2.05) is 43.3 Å². The highest BCUT2D eigenvalue weighted by Crippen LogP contribution is 2.32. The highest BCUT2D eigenvalue weighted by molar-refractivity contribution is 14.1. The third-order valence-corrected chi connectivity index (χ3v) is 7.26.